The summed E-state index contributed by atoms with van der Waals surface area (Å²) in [6.07, 6.45) is 88.5. The molecule has 0 radical (unpaired) electrons. The molecule has 0 heterocycles. The van der Waals surface area contributed by atoms with Crippen molar-refractivity contribution >= 4 is 17.9 Å². The molecule has 0 aliphatic rings. The van der Waals surface area contributed by atoms with E-state index in [1.807, 2.05) is 0 Å². The third-order valence-electron chi connectivity index (χ3n) is 12.3. The second-order valence-corrected chi connectivity index (χ2v) is 19.5. The number of ether oxygens (including phenoxy) is 3. The summed E-state index contributed by atoms with van der Waals surface area (Å²) in [6, 6.07) is 0. The van der Waals surface area contributed by atoms with E-state index in [0.29, 0.717) is 19.3 Å². The van der Waals surface area contributed by atoms with Gasteiger partial charge in [-0.2, -0.15) is 0 Å². The molecule has 1 unspecified atom stereocenters. The number of allylic oxidation sites excluding steroid dienone is 24. The summed E-state index contributed by atoms with van der Waals surface area (Å²) in [4.78, 5) is 38.2. The first-order chi connectivity index (χ1) is 37.0. The summed E-state index contributed by atoms with van der Waals surface area (Å²) in [5, 5.41) is 0. The van der Waals surface area contributed by atoms with E-state index in [1.165, 1.54) is 64.2 Å². The van der Waals surface area contributed by atoms with E-state index in [0.717, 1.165) is 141 Å². The Labute approximate surface area is 461 Å². The lowest BCUT2D eigenvalue weighted by molar-refractivity contribution is -0.167. The van der Waals surface area contributed by atoms with E-state index in [4.69, 9.17) is 14.2 Å². The maximum Gasteiger partial charge on any atom is 0.306 e. The molecule has 0 amide bonds. The van der Waals surface area contributed by atoms with Crippen LogP contribution in [0.25, 0.3) is 0 Å². The maximum atomic E-state index is 12.8. The van der Waals surface area contributed by atoms with Crippen LogP contribution in [0.3, 0.4) is 0 Å². The van der Waals surface area contributed by atoms with Crippen molar-refractivity contribution in [3.8, 4) is 0 Å². The monoisotopic (exact) mass is 1030 g/mol. The number of unbranched alkanes of at least 4 members (excludes halogenated alkanes) is 18. The van der Waals surface area contributed by atoms with Crippen LogP contribution in [-0.2, 0) is 28.6 Å². The van der Waals surface area contributed by atoms with E-state index in [1.54, 1.807) is 0 Å². The third kappa shape index (κ3) is 60.0. The first-order valence-electron chi connectivity index (χ1n) is 30.3. The molecule has 422 valence electrons. The number of esters is 3. The van der Waals surface area contributed by atoms with Gasteiger partial charge in [-0.1, -0.05) is 237 Å². The zero-order chi connectivity index (χ0) is 54.3. The summed E-state index contributed by atoms with van der Waals surface area (Å²) >= 11 is 0. The number of hydrogen-bond acceptors (Lipinski definition) is 6. The first kappa shape index (κ1) is 70.3. The molecule has 0 saturated heterocycles. The summed E-state index contributed by atoms with van der Waals surface area (Å²) < 4.78 is 16.8. The molecule has 0 spiro atoms. The van der Waals surface area contributed by atoms with Crippen LogP contribution in [0.5, 0.6) is 0 Å². The molecule has 0 aromatic carbocycles. The lowest BCUT2D eigenvalue weighted by atomic mass is 10.1. The molecule has 75 heavy (non-hydrogen) atoms. The van der Waals surface area contributed by atoms with E-state index in [2.05, 4.69) is 167 Å². The van der Waals surface area contributed by atoms with Crippen LogP contribution in [0.15, 0.2) is 146 Å². The highest BCUT2D eigenvalue weighted by molar-refractivity contribution is 5.71. The molecule has 0 bridgehead atoms. The van der Waals surface area contributed by atoms with Gasteiger partial charge in [0.1, 0.15) is 13.2 Å². The predicted octanol–water partition coefficient (Wildman–Crippen LogP) is 20.8. The molecule has 0 aromatic heterocycles. The van der Waals surface area contributed by atoms with E-state index in [-0.39, 0.29) is 37.5 Å². The molecule has 6 heteroatoms. The van der Waals surface area contributed by atoms with Crippen LogP contribution in [-0.4, -0.2) is 37.2 Å². The van der Waals surface area contributed by atoms with Crippen LogP contribution >= 0.6 is 0 Å². The Morgan fingerprint density at radius 2 is 0.520 bits per heavy atom. The Bertz CT molecular complexity index is 1660. The van der Waals surface area contributed by atoms with Crippen molar-refractivity contribution < 1.29 is 28.6 Å². The van der Waals surface area contributed by atoms with Crippen molar-refractivity contribution in [2.45, 2.75) is 258 Å². The highest BCUT2D eigenvalue weighted by Crippen LogP contribution is 2.13. The minimum Gasteiger partial charge on any atom is -0.462 e. The molecular formula is C69H110O6. The van der Waals surface area contributed by atoms with Crippen molar-refractivity contribution in [1.29, 1.82) is 0 Å². The minimum atomic E-state index is -0.814. The second-order valence-electron chi connectivity index (χ2n) is 19.5. The number of carbonyl (C=O) groups is 3. The van der Waals surface area contributed by atoms with Crippen LogP contribution in [0.2, 0.25) is 0 Å². The molecule has 0 aromatic rings. The number of hydrogen-bond donors (Lipinski definition) is 0. The smallest absolute Gasteiger partial charge is 0.306 e. The van der Waals surface area contributed by atoms with Gasteiger partial charge in [0.2, 0.25) is 0 Å². The Kier molecular flexibility index (Phi) is 58.0. The van der Waals surface area contributed by atoms with Crippen LogP contribution in [0.4, 0.5) is 0 Å². The van der Waals surface area contributed by atoms with Gasteiger partial charge in [0.25, 0.3) is 0 Å². The average molecular weight is 1040 g/mol. The highest BCUT2D eigenvalue weighted by atomic mass is 16.6. The van der Waals surface area contributed by atoms with Gasteiger partial charge < -0.3 is 14.2 Å². The normalized spacial score (nSPS) is 13.2. The van der Waals surface area contributed by atoms with Crippen molar-refractivity contribution in [3.63, 3.8) is 0 Å². The molecule has 0 aliphatic heterocycles. The fourth-order valence-electron chi connectivity index (χ4n) is 7.82. The van der Waals surface area contributed by atoms with Crippen LogP contribution < -0.4 is 0 Å². The predicted molar refractivity (Wildman–Crippen MR) is 325 cm³/mol. The van der Waals surface area contributed by atoms with Gasteiger partial charge in [-0.25, -0.2) is 0 Å². The van der Waals surface area contributed by atoms with Gasteiger partial charge in [0.15, 0.2) is 6.10 Å². The zero-order valence-electron chi connectivity index (χ0n) is 48.3. The van der Waals surface area contributed by atoms with Gasteiger partial charge in [0, 0.05) is 19.3 Å². The van der Waals surface area contributed by atoms with Crippen molar-refractivity contribution in [3.05, 3.63) is 146 Å². The van der Waals surface area contributed by atoms with Gasteiger partial charge in [-0.15, -0.1) is 0 Å². The molecule has 0 rings (SSSR count). The Morgan fingerprint density at radius 3 is 0.853 bits per heavy atom. The average Bonchev–Trinajstić information content (AvgIpc) is 3.41. The SMILES string of the molecule is CC/C=C\C/C=C\C/C=C\C/C=C\C/C=C\C/C=C\C/C=C\CCCCCCCCCC(=O)OCC(COC(=O)CCCCCCC/C=C\CCCCCC)OC(=O)CCCC/C=C\C/C=C\C/C=C\C/C=C\CC. The van der Waals surface area contributed by atoms with E-state index < -0.39 is 6.10 Å². The fourth-order valence-corrected chi connectivity index (χ4v) is 7.82. The second kappa shape index (κ2) is 61.8. The Hall–Kier alpha value is -4.71. The summed E-state index contributed by atoms with van der Waals surface area (Å²) in [5.41, 5.74) is 0. The minimum absolute atomic E-state index is 0.107. The molecule has 6 nitrogen and oxygen atoms in total. The lowest BCUT2D eigenvalue weighted by Crippen LogP contribution is -2.30. The fraction of sp³-hybridized carbons (Fsp3) is 0.609. The van der Waals surface area contributed by atoms with E-state index in [9.17, 15) is 14.4 Å². The Balaban J connectivity index is 4.38. The topological polar surface area (TPSA) is 78.9 Å². The Morgan fingerprint density at radius 1 is 0.280 bits per heavy atom. The lowest BCUT2D eigenvalue weighted by Gasteiger charge is -2.18. The number of rotatable bonds is 53. The quantitative estimate of drug-likeness (QED) is 0.0261. The summed E-state index contributed by atoms with van der Waals surface area (Å²) in [6.45, 7) is 6.33. The van der Waals surface area contributed by atoms with Crippen molar-refractivity contribution in [2.75, 3.05) is 13.2 Å². The highest BCUT2D eigenvalue weighted by Gasteiger charge is 2.19. The zero-order valence-corrected chi connectivity index (χ0v) is 48.3. The van der Waals surface area contributed by atoms with Crippen LogP contribution in [0, 0.1) is 0 Å². The first-order valence-corrected chi connectivity index (χ1v) is 30.3. The largest absolute Gasteiger partial charge is 0.462 e. The third-order valence-corrected chi connectivity index (χ3v) is 12.3. The molecular weight excluding hydrogens is 925 g/mol. The van der Waals surface area contributed by atoms with Crippen LogP contribution in [0.1, 0.15) is 252 Å². The molecule has 0 fully saturated rings. The van der Waals surface area contributed by atoms with Gasteiger partial charge >= 0.3 is 17.9 Å². The molecule has 0 aliphatic carbocycles. The molecule has 0 saturated carbocycles. The van der Waals surface area contributed by atoms with E-state index >= 15 is 0 Å². The van der Waals surface area contributed by atoms with Crippen molar-refractivity contribution in [2.24, 2.45) is 0 Å². The molecule has 0 N–H and O–H groups in total. The summed E-state index contributed by atoms with van der Waals surface area (Å²) in [7, 11) is 0. The van der Waals surface area contributed by atoms with Gasteiger partial charge in [-0.3, -0.25) is 14.4 Å². The standard InChI is InChI=1S/C69H110O6/c1-4-7-10-13-16-19-22-25-27-28-29-30-31-32-33-34-35-36-37-38-39-40-42-44-47-50-53-56-59-62-68(71)74-65-66(64-73-67(70)61-58-55-52-49-46-43-24-21-18-15-12-9-6-3)75-69(72)63-60-57-54-51-48-45-41-26-23-20-17-14-11-8-5-2/h7-8,10-11,16-17,19-21,24-27,29-30,32-33,35-36,38-39,41,48,51,66H,4-6,9,12-15,18,22-23,28,31,34,37,40,42-47,49-50,52-65H2,1-3H3/b10-7-,11-8-,19-16-,20-17-,24-21-,27-25-,30-29-,33-32-,36-35-,39-38-,41-26-,51-48-. The maximum absolute atomic E-state index is 12.8. The van der Waals surface area contributed by atoms with Gasteiger partial charge in [-0.05, 0) is 141 Å². The summed E-state index contributed by atoms with van der Waals surface area (Å²) in [5.74, 6) is -0.973. The van der Waals surface area contributed by atoms with Gasteiger partial charge in [0.05, 0.1) is 0 Å². The molecule has 1 atom stereocenters. The van der Waals surface area contributed by atoms with Crippen molar-refractivity contribution in [1.82, 2.24) is 0 Å². The number of carbonyl (C=O) groups excluding carboxylic acids is 3.